The molecule has 2 aromatic heterocycles. The Morgan fingerprint density at radius 1 is 0.938 bits per heavy atom. The largest absolute Gasteiger partial charge is 0.463 e. The summed E-state index contributed by atoms with van der Waals surface area (Å²) < 4.78 is 34.5. The van der Waals surface area contributed by atoms with Crippen molar-refractivity contribution >= 4 is 0 Å². The molecule has 7 heteroatoms. The van der Waals surface area contributed by atoms with E-state index < -0.39 is 0 Å². The number of likely N-dealkylation sites (N-methyl/N-ethyl adjacent to an activating group) is 1. The van der Waals surface area contributed by atoms with Gasteiger partial charge in [-0.25, -0.2) is 8.78 Å². The van der Waals surface area contributed by atoms with Gasteiger partial charge in [0.05, 0.1) is 18.5 Å². The quantitative estimate of drug-likeness (QED) is 0.483. The number of furan rings is 1. The average molecular weight is 434 g/mol. The van der Waals surface area contributed by atoms with Crippen LogP contribution in [0.4, 0.5) is 8.78 Å². The van der Waals surface area contributed by atoms with Gasteiger partial charge in [0.15, 0.2) is 5.76 Å². The van der Waals surface area contributed by atoms with Gasteiger partial charge in [-0.2, -0.15) is 5.10 Å². The van der Waals surface area contributed by atoms with E-state index in [0.717, 1.165) is 43.0 Å². The number of hydrogen-bond donors (Lipinski definition) is 1. The average Bonchev–Trinajstić information content (AvgIpc) is 3.49. The summed E-state index contributed by atoms with van der Waals surface area (Å²) in [6.07, 6.45) is 3.37. The van der Waals surface area contributed by atoms with E-state index in [2.05, 4.69) is 27.0 Å². The Morgan fingerprint density at radius 3 is 2.38 bits per heavy atom. The fraction of sp³-hybridized carbons (Fsp3) is 0.240. The lowest BCUT2D eigenvalue weighted by Gasteiger charge is -2.38. The number of aromatic amines is 1. The fourth-order valence-corrected chi connectivity index (χ4v) is 4.33. The van der Waals surface area contributed by atoms with Crippen molar-refractivity contribution in [1.82, 2.24) is 20.0 Å². The standard InChI is InChI=1S/C25H24F2N4O/c1-30-10-12-31(13-11-30)25(21-16-28-29-24(21)23-3-2-14-32-23)20-9-6-18(15-22(20)27)17-4-7-19(26)8-5-17/h2-9,14-16,25H,10-13H2,1H3,(H,28,29). The van der Waals surface area contributed by atoms with Crippen LogP contribution in [0.3, 0.4) is 0 Å². The zero-order valence-corrected chi connectivity index (χ0v) is 17.8. The molecular formula is C25H24F2N4O. The predicted molar refractivity (Wildman–Crippen MR) is 119 cm³/mol. The van der Waals surface area contributed by atoms with Gasteiger partial charge >= 0.3 is 0 Å². The fourth-order valence-electron chi connectivity index (χ4n) is 4.33. The monoisotopic (exact) mass is 434 g/mol. The maximum absolute atomic E-state index is 15.6. The summed E-state index contributed by atoms with van der Waals surface area (Å²) >= 11 is 0. The second kappa shape index (κ2) is 8.68. The maximum atomic E-state index is 15.6. The Kier molecular flexibility index (Phi) is 5.59. The second-order valence-corrected chi connectivity index (χ2v) is 8.16. The molecule has 5 nitrogen and oxygen atoms in total. The zero-order chi connectivity index (χ0) is 22.1. The molecule has 1 N–H and O–H groups in total. The number of H-pyrrole nitrogens is 1. The molecule has 1 unspecified atom stereocenters. The van der Waals surface area contributed by atoms with Crippen molar-refractivity contribution in [3.05, 3.63) is 89.8 Å². The first-order valence-electron chi connectivity index (χ1n) is 10.7. The minimum absolute atomic E-state index is 0.303. The normalized spacial score (nSPS) is 16.3. The van der Waals surface area contributed by atoms with Crippen LogP contribution in [-0.2, 0) is 0 Å². The molecule has 5 rings (SSSR count). The van der Waals surface area contributed by atoms with E-state index in [0.29, 0.717) is 16.9 Å². The van der Waals surface area contributed by atoms with Crippen LogP contribution in [0.15, 0.2) is 71.5 Å². The van der Waals surface area contributed by atoms with Crippen LogP contribution in [0.5, 0.6) is 0 Å². The Hall–Kier alpha value is -3.29. The van der Waals surface area contributed by atoms with Gasteiger partial charge in [-0.15, -0.1) is 0 Å². The molecule has 1 atom stereocenters. The molecule has 32 heavy (non-hydrogen) atoms. The number of benzene rings is 2. The van der Waals surface area contributed by atoms with Gasteiger partial charge in [-0.3, -0.25) is 10.00 Å². The number of nitrogens with one attached hydrogen (secondary N) is 1. The summed E-state index contributed by atoms with van der Waals surface area (Å²) in [7, 11) is 2.09. The van der Waals surface area contributed by atoms with Crippen LogP contribution in [0.1, 0.15) is 17.2 Å². The summed E-state index contributed by atoms with van der Waals surface area (Å²) in [5.74, 6) is 0.0497. The van der Waals surface area contributed by atoms with Crippen molar-refractivity contribution < 1.29 is 13.2 Å². The van der Waals surface area contributed by atoms with Crippen LogP contribution in [0.2, 0.25) is 0 Å². The molecule has 0 radical (unpaired) electrons. The zero-order valence-electron chi connectivity index (χ0n) is 17.8. The topological polar surface area (TPSA) is 48.3 Å². The van der Waals surface area contributed by atoms with Gasteiger partial charge in [0, 0.05) is 37.3 Å². The molecule has 4 aromatic rings. The van der Waals surface area contributed by atoms with Crippen molar-refractivity contribution in [3.8, 4) is 22.6 Å². The maximum Gasteiger partial charge on any atom is 0.151 e. The second-order valence-electron chi connectivity index (χ2n) is 8.16. The van der Waals surface area contributed by atoms with Gasteiger partial charge in [0.2, 0.25) is 0 Å². The third-order valence-corrected chi connectivity index (χ3v) is 6.11. The summed E-state index contributed by atoms with van der Waals surface area (Å²) in [5.41, 5.74) is 3.68. The molecule has 3 heterocycles. The number of rotatable bonds is 5. The SMILES string of the molecule is CN1CCN(C(c2ccc(-c3ccc(F)cc3)cc2F)c2cn[nH]c2-c2ccco2)CC1. The Morgan fingerprint density at radius 2 is 1.69 bits per heavy atom. The molecule has 0 saturated carbocycles. The molecule has 1 fully saturated rings. The highest BCUT2D eigenvalue weighted by molar-refractivity contribution is 5.65. The highest BCUT2D eigenvalue weighted by Crippen LogP contribution is 2.37. The molecule has 1 aliphatic heterocycles. The third-order valence-electron chi connectivity index (χ3n) is 6.11. The smallest absolute Gasteiger partial charge is 0.151 e. The first kappa shape index (κ1) is 20.6. The third kappa shape index (κ3) is 3.97. The van der Waals surface area contributed by atoms with Crippen molar-refractivity contribution in [1.29, 1.82) is 0 Å². The van der Waals surface area contributed by atoms with Crippen molar-refractivity contribution in [2.45, 2.75) is 6.04 Å². The van der Waals surface area contributed by atoms with Crippen molar-refractivity contribution in [3.63, 3.8) is 0 Å². The van der Waals surface area contributed by atoms with Crippen LogP contribution in [0, 0.1) is 11.6 Å². The summed E-state index contributed by atoms with van der Waals surface area (Å²) in [5, 5.41) is 7.29. The molecule has 0 aliphatic carbocycles. The highest BCUT2D eigenvalue weighted by Gasteiger charge is 2.31. The van der Waals surface area contributed by atoms with Crippen LogP contribution >= 0.6 is 0 Å². The summed E-state index contributed by atoms with van der Waals surface area (Å²) in [6.45, 7) is 3.42. The van der Waals surface area contributed by atoms with E-state index >= 15 is 4.39 Å². The number of halogens is 2. The highest BCUT2D eigenvalue weighted by atomic mass is 19.1. The molecule has 164 valence electrons. The van der Waals surface area contributed by atoms with E-state index in [1.807, 2.05) is 24.3 Å². The summed E-state index contributed by atoms with van der Waals surface area (Å²) in [4.78, 5) is 4.55. The molecular weight excluding hydrogens is 410 g/mol. The van der Waals surface area contributed by atoms with E-state index in [1.54, 1.807) is 24.6 Å². The Bertz CT molecular complexity index is 1180. The van der Waals surface area contributed by atoms with Gasteiger partial charge in [-0.1, -0.05) is 24.3 Å². The first-order chi connectivity index (χ1) is 15.6. The van der Waals surface area contributed by atoms with Crippen LogP contribution in [-0.4, -0.2) is 53.2 Å². The van der Waals surface area contributed by atoms with E-state index in [4.69, 9.17) is 4.42 Å². The minimum atomic E-state index is -0.315. The van der Waals surface area contributed by atoms with E-state index in [1.165, 1.54) is 18.2 Å². The lowest BCUT2D eigenvalue weighted by molar-refractivity contribution is 0.126. The van der Waals surface area contributed by atoms with Gasteiger partial charge in [0.1, 0.15) is 17.3 Å². The Balaban J connectivity index is 1.57. The molecule has 0 bridgehead atoms. The molecule has 2 aromatic carbocycles. The lowest BCUT2D eigenvalue weighted by atomic mass is 9.93. The summed E-state index contributed by atoms with van der Waals surface area (Å²) in [6, 6.07) is 14.7. The van der Waals surface area contributed by atoms with Gasteiger partial charge < -0.3 is 9.32 Å². The molecule has 1 saturated heterocycles. The predicted octanol–water partition coefficient (Wildman–Crippen LogP) is 4.95. The van der Waals surface area contributed by atoms with Crippen molar-refractivity contribution in [2.24, 2.45) is 0 Å². The molecule has 1 aliphatic rings. The lowest BCUT2D eigenvalue weighted by Crippen LogP contribution is -2.46. The van der Waals surface area contributed by atoms with Crippen molar-refractivity contribution in [2.75, 3.05) is 33.2 Å². The van der Waals surface area contributed by atoms with E-state index in [-0.39, 0.29) is 17.7 Å². The molecule has 0 spiro atoms. The van der Waals surface area contributed by atoms with Gasteiger partial charge in [0.25, 0.3) is 0 Å². The number of nitrogens with zero attached hydrogens (tertiary/aromatic N) is 3. The number of piperazine rings is 1. The number of aromatic nitrogens is 2. The number of hydrogen-bond acceptors (Lipinski definition) is 4. The van der Waals surface area contributed by atoms with Gasteiger partial charge in [-0.05, 0) is 48.5 Å². The Labute approximate surface area is 185 Å². The first-order valence-corrected chi connectivity index (χ1v) is 10.7. The van der Waals surface area contributed by atoms with Crippen LogP contribution < -0.4 is 0 Å². The van der Waals surface area contributed by atoms with Crippen LogP contribution in [0.25, 0.3) is 22.6 Å². The van der Waals surface area contributed by atoms with E-state index in [9.17, 15) is 4.39 Å². The molecule has 0 amide bonds. The minimum Gasteiger partial charge on any atom is -0.463 e.